The Kier molecular flexibility index (Phi) is 7.86. The lowest BCUT2D eigenvalue weighted by Crippen LogP contribution is -2.52. The van der Waals surface area contributed by atoms with E-state index in [4.69, 9.17) is 9.72 Å². The van der Waals surface area contributed by atoms with Crippen LogP contribution in [-0.2, 0) is 4.79 Å². The number of ether oxygens (including phenoxy) is 1. The third kappa shape index (κ3) is 5.45. The van der Waals surface area contributed by atoms with Crippen molar-refractivity contribution in [2.75, 3.05) is 13.6 Å². The SMILES string of the molecule is C=C(N[C@@H]1CCCC[C@@H]1NC(=O)CNC)c1sc2nccc3c2c1[nH]c(=C)n3-c1ccc(Oc2ccccc2)cc1C. The molecular formula is C33H36N6O2S. The van der Waals surface area contributed by atoms with Crippen molar-refractivity contribution in [3.05, 3.63) is 83.3 Å². The van der Waals surface area contributed by atoms with Gasteiger partial charge in [-0.25, -0.2) is 4.98 Å². The van der Waals surface area contributed by atoms with E-state index in [1.54, 1.807) is 18.4 Å². The highest BCUT2D eigenvalue weighted by Gasteiger charge is 2.28. The van der Waals surface area contributed by atoms with Crippen LogP contribution in [-0.4, -0.2) is 46.1 Å². The van der Waals surface area contributed by atoms with E-state index in [0.717, 1.165) is 85.7 Å². The van der Waals surface area contributed by atoms with E-state index in [-0.39, 0.29) is 18.0 Å². The number of nitrogens with zero attached hydrogens (tertiary/aromatic N) is 2. The first-order chi connectivity index (χ1) is 20.4. The van der Waals surface area contributed by atoms with Gasteiger partial charge in [-0.05, 0) is 68.8 Å². The van der Waals surface area contributed by atoms with Crippen LogP contribution >= 0.6 is 11.3 Å². The monoisotopic (exact) mass is 580 g/mol. The topological polar surface area (TPSA) is 96.0 Å². The molecule has 4 N–H and O–H groups in total. The number of aryl methyl sites for hydroxylation is 1. The number of thiophene rings is 1. The first-order valence-electron chi connectivity index (χ1n) is 14.3. The van der Waals surface area contributed by atoms with E-state index in [9.17, 15) is 4.79 Å². The second-order valence-corrected chi connectivity index (χ2v) is 11.8. The maximum absolute atomic E-state index is 12.3. The zero-order valence-electron chi connectivity index (χ0n) is 24.0. The molecule has 1 aliphatic carbocycles. The van der Waals surface area contributed by atoms with Crippen LogP contribution in [0.25, 0.3) is 39.2 Å². The molecule has 0 unspecified atom stereocenters. The van der Waals surface area contributed by atoms with Gasteiger partial charge in [0.25, 0.3) is 0 Å². The van der Waals surface area contributed by atoms with Gasteiger partial charge in [0.05, 0.1) is 33.5 Å². The first-order valence-corrected chi connectivity index (χ1v) is 15.2. The minimum atomic E-state index is 0.0145. The van der Waals surface area contributed by atoms with Crippen molar-refractivity contribution in [1.29, 1.82) is 0 Å². The van der Waals surface area contributed by atoms with Crippen LogP contribution in [0, 0.1) is 6.92 Å². The second-order valence-electron chi connectivity index (χ2n) is 10.8. The van der Waals surface area contributed by atoms with Crippen molar-refractivity contribution in [3.63, 3.8) is 0 Å². The fourth-order valence-corrected chi connectivity index (χ4v) is 6.95. The molecule has 0 bridgehead atoms. The van der Waals surface area contributed by atoms with Crippen molar-refractivity contribution in [1.82, 2.24) is 30.5 Å². The number of rotatable bonds is 9. The van der Waals surface area contributed by atoms with Gasteiger partial charge in [0.1, 0.15) is 21.8 Å². The molecular weight excluding hydrogens is 544 g/mol. The number of amides is 1. The van der Waals surface area contributed by atoms with Gasteiger partial charge in [0, 0.05) is 24.0 Å². The molecule has 2 aromatic carbocycles. The number of aromatic amines is 1. The van der Waals surface area contributed by atoms with Crippen molar-refractivity contribution in [2.24, 2.45) is 0 Å². The molecule has 8 nitrogen and oxygen atoms in total. The van der Waals surface area contributed by atoms with E-state index in [0.29, 0.717) is 6.54 Å². The van der Waals surface area contributed by atoms with Gasteiger partial charge >= 0.3 is 0 Å². The van der Waals surface area contributed by atoms with Crippen LogP contribution in [0.5, 0.6) is 11.5 Å². The number of benzene rings is 2. The van der Waals surface area contributed by atoms with Crippen molar-refractivity contribution < 1.29 is 9.53 Å². The molecule has 5 aromatic rings. The minimum absolute atomic E-state index is 0.0145. The van der Waals surface area contributed by atoms with Gasteiger partial charge < -0.3 is 25.7 Å². The third-order valence-corrected chi connectivity index (χ3v) is 8.98. The lowest BCUT2D eigenvalue weighted by Gasteiger charge is -2.34. The van der Waals surface area contributed by atoms with Gasteiger partial charge in [-0.3, -0.25) is 9.36 Å². The number of aromatic nitrogens is 3. The molecule has 3 heterocycles. The summed E-state index contributed by atoms with van der Waals surface area (Å²) < 4.78 is 8.21. The molecule has 2 atom stereocenters. The predicted octanol–water partition coefficient (Wildman–Crippen LogP) is 5.57. The maximum Gasteiger partial charge on any atom is 0.234 e. The molecule has 1 amide bonds. The van der Waals surface area contributed by atoms with Crippen molar-refractivity contribution >= 4 is 50.8 Å². The van der Waals surface area contributed by atoms with Crippen LogP contribution in [0.3, 0.4) is 0 Å². The number of nitrogens with one attached hydrogen (secondary N) is 4. The summed E-state index contributed by atoms with van der Waals surface area (Å²) in [7, 11) is 1.78. The van der Waals surface area contributed by atoms with Gasteiger partial charge in [-0.1, -0.05) is 44.2 Å². The molecule has 0 radical (unpaired) electrons. The second kappa shape index (κ2) is 11.9. The van der Waals surface area contributed by atoms with E-state index in [2.05, 4.69) is 51.6 Å². The molecule has 1 fully saturated rings. The largest absolute Gasteiger partial charge is 0.457 e. The Morgan fingerprint density at radius 2 is 1.86 bits per heavy atom. The molecule has 0 saturated heterocycles. The fraction of sp³-hybridized carbons (Fsp3) is 0.273. The summed E-state index contributed by atoms with van der Waals surface area (Å²) in [6.45, 7) is 11.2. The minimum Gasteiger partial charge on any atom is -0.457 e. The Bertz CT molecular complexity index is 1820. The van der Waals surface area contributed by atoms with E-state index in [1.165, 1.54) is 0 Å². The summed E-state index contributed by atoms with van der Waals surface area (Å²) in [6.07, 6.45) is 5.99. The number of hydrogen-bond acceptors (Lipinski definition) is 6. The van der Waals surface area contributed by atoms with Crippen molar-refractivity contribution in [2.45, 2.75) is 44.7 Å². The molecule has 3 aromatic heterocycles. The van der Waals surface area contributed by atoms with Crippen LogP contribution in [0.4, 0.5) is 0 Å². The Hall–Kier alpha value is -4.34. The zero-order chi connectivity index (χ0) is 29.2. The van der Waals surface area contributed by atoms with Gasteiger partial charge in [-0.2, -0.15) is 0 Å². The number of H-pyrrole nitrogens is 1. The lowest BCUT2D eigenvalue weighted by molar-refractivity contribution is -0.121. The van der Waals surface area contributed by atoms with Crippen LogP contribution < -0.4 is 26.2 Å². The zero-order valence-corrected chi connectivity index (χ0v) is 24.8. The Labute approximate surface area is 249 Å². The smallest absolute Gasteiger partial charge is 0.234 e. The molecule has 216 valence electrons. The summed E-state index contributed by atoms with van der Waals surface area (Å²) in [5.41, 5.74) is 5.63. The molecule has 1 aliphatic rings. The van der Waals surface area contributed by atoms with Crippen LogP contribution in [0.1, 0.15) is 36.1 Å². The van der Waals surface area contributed by atoms with E-state index < -0.39 is 0 Å². The molecule has 6 rings (SSSR count). The predicted molar refractivity (Wildman–Crippen MR) is 172 cm³/mol. The molecule has 1 saturated carbocycles. The van der Waals surface area contributed by atoms with Crippen molar-refractivity contribution in [3.8, 4) is 17.2 Å². The van der Waals surface area contributed by atoms with Gasteiger partial charge in [0.15, 0.2) is 0 Å². The van der Waals surface area contributed by atoms with E-state index >= 15 is 0 Å². The highest BCUT2D eigenvalue weighted by atomic mass is 32.1. The number of carbonyl (C=O) groups excluding carboxylic acids is 1. The summed E-state index contributed by atoms with van der Waals surface area (Å²) in [5.74, 6) is 1.59. The number of pyridine rings is 1. The summed E-state index contributed by atoms with van der Waals surface area (Å²) in [5, 5.41) is 10.8. The van der Waals surface area contributed by atoms with Crippen LogP contribution in [0.15, 0.2) is 67.4 Å². The summed E-state index contributed by atoms with van der Waals surface area (Å²) in [4.78, 5) is 22.5. The van der Waals surface area contributed by atoms with Gasteiger partial charge in [-0.15, -0.1) is 11.3 Å². The fourth-order valence-electron chi connectivity index (χ4n) is 5.90. The molecule has 0 aliphatic heterocycles. The first kappa shape index (κ1) is 27.8. The Morgan fingerprint density at radius 1 is 1.10 bits per heavy atom. The van der Waals surface area contributed by atoms with Gasteiger partial charge in [0.2, 0.25) is 5.91 Å². The summed E-state index contributed by atoms with van der Waals surface area (Å²) >= 11 is 1.61. The number of para-hydroxylation sites is 1. The average molecular weight is 581 g/mol. The Morgan fingerprint density at radius 3 is 2.60 bits per heavy atom. The van der Waals surface area contributed by atoms with Crippen LogP contribution in [0.2, 0.25) is 0 Å². The van der Waals surface area contributed by atoms with E-state index in [1.807, 2.05) is 54.7 Å². The lowest BCUT2D eigenvalue weighted by atomic mass is 9.90. The maximum atomic E-state index is 12.3. The quantitative estimate of drug-likeness (QED) is 0.183. The number of carbonyl (C=O) groups is 1. The molecule has 0 spiro atoms. The average Bonchev–Trinajstić information content (AvgIpc) is 3.35. The molecule has 42 heavy (non-hydrogen) atoms. The normalized spacial score (nSPS) is 16.9. The summed E-state index contributed by atoms with van der Waals surface area (Å²) in [6, 6.07) is 18.1. The number of likely N-dealkylation sites (N-methyl/N-ethyl adjacent to an activating group) is 1. The number of hydrogen-bond donors (Lipinski definition) is 4. The third-order valence-electron chi connectivity index (χ3n) is 7.82. The standard InChI is InChI=1S/C33H36N6O2S/c1-20-18-24(41-23-10-6-5-7-11-23)14-15-27(20)39-22(3)37-31-30-28(39)16-17-35-33(30)42-32(31)21(2)36-25-12-8-9-13-26(25)38-29(40)19-34-4/h5-7,10-11,14-18,25-26,34,36-37H,2-3,8-9,12-13,19H2,1,4H3,(H,38,40)/t25-,26+/m1/s1. The Balaban J connectivity index is 1.33. The molecule has 9 heteroatoms. The highest BCUT2D eigenvalue weighted by molar-refractivity contribution is 7.20. The highest BCUT2D eigenvalue weighted by Crippen LogP contribution is 2.37.